The number of rotatable bonds is 4. The van der Waals surface area contributed by atoms with Gasteiger partial charge in [-0.05, 0) is 23.8 Å². The van der Waals surface area contributed by atoms with E-state index in [1.807, 2.05) is 0 Å². The summed E-state index contributed by atoms with van der Waals surface area (Å²) in [5.41, 5.74) is 0.165. The number of aromatic nitrogens is 3. The maximum Gasteiger partial charge on any atom is 0.409 e. The van der Waals surface area contributed by atoms with E-state index in [1.54, 1.807) is 0 Å². The zero-order valence-electron chi connectivity index (χ0n) is 13.0. The van der Waals surface area contributed by atoms with Crippen LogP contribution >= 0.6 is 23.3 Å². The number of hydrogen-bond donors (Lipinski definition) is 0. The summed E-state index contributed by atoms with van der Waals surface area (Å²) in [5, 5.41) is 0.242. The first-order valence-corrected chi connectivity index (χ1v) is 9.54. The average Bonchev–Trinajstić information content (AvgIpc) is 3.03. The van der Waals surface area contributed by atoms with Gasteiger partial charge in [-0.2, -0.15) is 26.2 Å². The Morgan fingerprint density at radius 3 is 2.46 bits per heavy atom. The molecule has 12 heteroatoms. The lowest BCUT2D eigenvalue weighted by molar-refractivity contribution is -0.171. The zero-order chi connectivity index (χ0) is 19.1. The quantitative estimate of drug-likeness (QED) is 0.641. The summed E-state index contributed by atoms with van der Waals surface area (Å²) >= 11 is 6.53. The van der Waals surface area contributed by atoms with Gasteiger partial charge in [0.2, 0.25) is 10.0 Å². The number of hydrogen-bond acceptors (Lipinski definition) is 6. The van der Waals surface area contributed by atoms with E-state index in [9.17, 15) is 21.6 Å². The predicted octanol–water partition coefficient (Wildman–Crippen LogP) is 3.66. The molecule has 6 nitrogen and oxygen atoms in total. The van der Waals surface area contributed by atoms with Crippen molar-refractivity contribution in [1.29, 1.82) is 0 Å². The molecule has 0 N–H and O–H groups in total. The van der Waals surface area contributed by atoms with Crippen LogP contribution in [0.3, 0.4) is 0 Å². The lowest BCUT2D eigenvalue weighted by Gasteiger charge is -2.29. The fourth-order valence-corrected chi connectivity index (χ4v) is 4.27. The van der Waals surface area contributed by atoms with Crippen LogP contribution in [-0.4, -0.2) is 39.7 Å². The van der Waals surface area contributed by atoms with Crippen LogP contribution in [0.15, 0.2) is 41.4 Å². The SMILES string of the molecule is CN([C@H](c1ccc(Cl)cc1)C(F)(F)F)S(=O)(=O)c1cnc2nsnc2c1. The number of sulfonamides is 1. The molecular formula is C14H10ClF3N4O2S2. The Morgan fingerprint density at radius 1 is 1.19 bits per heavy atom. The number of nitrogens with zero attached hydrogens (tertiary/aromatic N) is 4. The van der Waals surface area contributed by atoms with Crippen LogP contribution in [0.5, 0.6) is 0 Å². The lowest BCUT2D eigenvalue weighted by atomic mass is 10.1. The van der Waals surface area contributed by atoms with Gasteiger partial charge in [0, 0.05) is 18.3 Å². The molecule has 0 aliphatic carbocycles. The van der Waals surface area contributed by atoms with Crippen molar-refractivity contribution < 1.29 is 21.6 Å². The molecule has 2 heterocycles. The van der Waals surface area contributed by atoms with E-state index >= 15 is 0 Å². The van der Waals surface area contributed by atoms with E-state index < -0.39 is 27.1 Å². The Hall–Kier alpha value is -1.82. The lowest BCUT2D eigenvalue weighted by Crippen LogP contribution is -2.39. The first-order valence-electron chi connectivity index (χ1n) is 6.99. The molecule has 138 valence electrons. The van der Waals surface area contributed by atoms with E-state index in [-0.39, 0.29) is 26.1 Å². The van der Waals surface area contributed by atoms with Gasteiger partial charge in [-0.15, -0.1) is 0 Å². The minimum absolute atomic E-state index is 0.194. The summed E-state index contributed by atoms with van der Waals surface area (Å²) < 4.78 is 74.3. The predicted molar refractivity (Wildman–Crippen MR) is 90.4 cm³/mol. The van der Waals surface area contributed by atoms with E-state index in [0.29, 0.717) is 0 Å². The molecule has 3 rings (SSSR count). The number of halogens is 4. The number of alkyl halides is 3. The van der Waals surface area contributed by atoms with Gasteiger partial charge in [0.25, 0.3) is 0 Å². The van der Waals surface area contributed by atoms with Gasteiger partial charge in [0.05, 0.1) is 11.7 Å². The van der Waals surface area contributed by atoms with Crippen molar-refractivity contribution >= 4 is 44.5 Å². The molecule has 0 spiro atoms. The third-order valence-corrected chi connectivity index (χ3v) is 6.20. The molecule has 1 atom stereocenters. The molecule has 0 saturated heterocycles. The molecule has 0 radical (unpaired) electrons. The molecule has 2 aromatic heterocycles. The minimum atomic E-state index is -4.84. The maximum absolute atomic E-state index is 13.6. The molecule has 0 saturated carbocycles. The summed E-state index contributed by atoms with van der Waals surface area (Å²) in [5.74, 6) is 0. The molecule has 0 unspecified atom stereocenters. The highest BCUT2D eigenvalue weighted by molar-refractivity contribution is 7.89. The largest absolute Gasteiger partial charge is 0.409 e. The monoisotopic (exact) mass is 422 g/mol. The Labute approximate surface area is 155 Å². The van der Waals surface area contributed by atoms with Crippen LogP contribution < -0.4 is 0 Å². The average molecular weight is 423 g/mol. The van der Waals surface area contributed by atoms with Crippen LogP contribution in [0.2, 0.25) is 5.02 Å². The topological polar surface area (TPSA) is 76.1 Å². The summed E-state index contributed by atoms with van der Waals surface area (Å²) in [7, 11) is -3.63. The molecule has 1 aromatic carbocycles. The molecule has 26 heavy (non-hydrogen) atoms. The highest BCUT2D eigenvalue weighted by Crippen LogP contribution is 2.40. The Balaban J connectivity index is 2.07. The first-order chi connectivity index (χ1) is 12.1. The molecule has 0 bridgehead atoms. The van der Waals surface area contributed by atoms with Crippen molar-refractivity contribution in [1.82, 2.24) is 18.0 Å². The highest BCUT2D eigenvalue weighted by atomic mass is 35.5. The smallest absolute Gasteiger partial charge is 0.233 e. The Bertz CT molecular complexity index is 1040. The number of fused-ring (bicyclic) bond motifs is 1. The van der Waals surface area contributed by atoms with Crippen LogP contribution in [-0.2, 0) is 10.0 Å². The van der Waals surface area contributed by atoms with Gasteiger partial charge >= 0.3 is 6.18 Å². The van der Waals surface area contributed by atoms with Crippen molar-refractivity contribution in [2.24, 2.45) is 0 Å². The second-order valence-electron chi connectivity index (χ2n) is 5.29. The summed E-state index contributed by atoms with van der Waals surface area (Å²) in [4.78, 5) is 3.43. The molecular weight excluding hydrogens is 413 g/mol. The number of benzene rings is 1. The van der Waals surface area contributed by atoms with Gasteiger partial charge in [-0.1, -0.05) is 23.7 Å². The molecule has 3 aromatic rings. The highest BCUT2D eigenvalue weighted by Gasteiger charge is 2.47. The van der Waals surface area contributed by atoms with Gasteiger partial charge in [-0.25, -0.2) is 13.4 Å². The number of pyridine rings is 1. The zero-order valence-corrected chi connectivity index (χ0v) is 15.4. The van der Waals surface area contributed by atoms with Crippen LogP contribution in [0.4, 0.5) is 13.2 Å². The fraction of sp³-hybridized carbons (Fsp3) is 0.214. The third kappa shape index (κ3) is 3.52. The minimum Gasteiger partial charge on any atom is -0.233 e. The summed E-state index contributed by atoms with van der Waals surface area (Å²) in [6, 6.07) is 3.58. The van der Waals surface area contributed by atoms with Crippen molar-refractivity contribution in [2.75, 3.05) is 7.05 Å². The van der Waals surface area contributed by atoms with Gasteiger partial charge in [0.1, 0.15) is 16.5 Å². The van der Waals surface area contributed by atoms with E-state index in [1.165, 1.54) is 12.1 Å². The summed E-state index contributed by atoms with van der Waals surface area (Å²) in [6.45, 7) is 0. The van der Waals surface area contributed by atoms with E-state index in [2.05, 4.69) is 13.7 Å². The normalized spacial score (nSPS) is 14.1. The first kappa shape index (κ1) is 19.0. The van der Waals surface area contributed by atoms with E-state index in [0.717, 1.165) is 43.2 Å². The molecule has 0 amide bonds. The Kier molecular flexibility index (Phi) is 4.90. The van der Waals surface area contributed by atoms with Crippen LogP contribution in [0.1, 0.15) is 11.6 Å². The second kappa shape index (κ2) is 6.72. The van der Waals surface area contributed by atoms with Crippen LogP contribution in [0.25, 0.3) is 11.2 Å². The second-order valence-corrected chi connectivity index (χ2v) is 8.26. The third-order valence-electron chi connectivity index (χ3n) is 3.63. The van der Waals surface area contributed by atoms with Crippen LogP contribution in [0, 0.1) is 0 Å². The standard InChI is InChI=1S/C14H10ClF3N4O2S2/c1-22(12(14(16,17)18)8-2-4-9(15)5-3-8)26(23,24)10-6-11-13(19-7-10)21-25-20-11/h2-7,12H,1H3/t12-/m1/s1. The summed E-state index contributed by atoms with van der Waals surface area (Å²) in [6.07, 6.45) is -3.87. The van der Waals surface area contributed by atoms with Crippen molar-refractivity contribution in [2.45, 2.75) is 17.1 Å². The molecule has 0 aliphatic heterocycles. The van der Waals surface area contributed by atoms with Crippen molar-refractivity contribution in [3.8, 4) is 0 Å². The van der Waals surface area contributed by atoms with Crippen molar-refractivity contribution in [3.05, 3.63) is 47.1 Å². The van der Waals surface area contributed by atoms with Gasteiger partial charge in [-0.3, -0.25) is 0 Å². The molecule has 0 fully saturated rings. The molecule has 0 aliphatic rings. The van der Waals surface area contributed by atoms with Crippen molar-refractivity contribution in [3.63, 3.8) is 0 Å². The Morgan fingerprint density at radius 2 is 1.85 bits per heavy atom. The van der Waals surface area contributed by atoms with Gasteiger partial charge < -0.3 is 0 Å². The maximum atomic E-state index is 13.6. The fourth-order valence-electron chi connectivity index (χ4n) is 2.36. The van der Waals surface area contributed by atoms with Gasteiger partial charge in [0.15, 0.2) is 5.65 Å². The van der Waals surface area contributed by atoms with E-state index in [4.69, 9.17) is 11.6 Å².